The van der Waals surface area contributed by atoms with Crippen molar-refractivity contribution < 1.29 is 9.59 Å². The van der Waals surface area contributed by atoms with Gasteiger partial charge in [0.1, 0.15) is 0 Å². The lowest BCUT2D eigenvalue weighted by Gasteiger charge is -1.69. The fourth-order valence-electron chi connectivity index (χ4n) is 0.0658. The summed E-state index contributed by atoms with van der Waals surface area (Å²) in [7, 11) is 0. The lowest BCUT2D eigenvalue weighted by molar-refractivity contribution is 0.552. The monoisotopic (exact) mass is 127 g/mol. The molecular formula is C4H5N3O2. The highest BCUT2D eigenvalue weighted by molar-refractivity contribution is 5.34. The Hall–Kier alpha value is -1.70. The van der Waals surface area contributed by atoms with Gasteiger partial charge in [-0.3, -0.25) is 0 Å². The summed E-state index contributed by atoms with van der Waals surface area (Å²) >= 11 is 0. The van der Waals surface area contributed by atoms with Gasteiger partial charge in [-0.1, -0.05) is 10.2 Å². The topological polar surface area (TPSA) is 70.9 Å². The average molecular weight is 127 g/mol. The van der Waals surface area contributed by atoms with Crippen LogP contribution in [0.4, 0.5) is 0 Å². The predicted molar refractivity (Wildman–Crippen MR) is 30.6 cm³/mol. The van der Waals surface area contributed by atoms with Crippen molar-refractivity contribution >= 4 is 12.2 Å². The molecule has 0 amide bonds. The van der Waals surface area contributed by atoms with Gasteiger partial charge in [0, 0.05) is 0 Å². The van der Waals surface area contributed by atoms with Crippen LogP contribution in [0.3, 0.4) is 0 Å². The average Bonchev–Trinajstić information content (AvgIpc) is 1.94. The molecule has 0 aromatic rings. The molecule has 48 valence electrons. The molecule has 0 heterocycles. The van der Waals surface area contributed by atoms with Crippen LogP contribution in [0.1, 0.15) is 0 Å². The molecule has 0 unspecified atom stereocenters. The lowest BCUT2D eigenvalue weighted by Crippen LogP contribution is -1.89. The van der Waals surface area contributed by atoms with Crippen LogP contribution < -0.4 is 5.53 Å². The zero-order chi connectivity index (χ0) is 7.54. The summed E-state index contributed by atoms with van der Waals surface area (Å²) in [5, 5.41) is 5.35. The van der Waals surface area contributed by atoms with Crippen molar-refractivity contribution in [1.29, 1.82) is 0 Å². The largest absolute Gasteiger partial charge is 0.259 e. The summed E-state index contributed by atoms with van der Waals surface area (Å²) in [4.78, 5) is 18.3. The van der Waals surface area contributed by atoms with E-state index in [0.29, 0.717) is 0 Å². The van der Waals surface area contributed by atoms with Gasteiger partial charge in [-0.15, -0.1) is 13.2 Å². The molecular weight excluding hydrogens is 122 g/mol. The van der Waals surface area contributed by atoms with Crippen molar-refractivity contribution in [2.75, 3.05) is 0 Å². The Morgan fingerprint density at radius 3 is 1.67 bits per heavy atom. The predicted octanol–water partition coefficient (Wildman–Crippen LogP) is -0.120. The second kappa shape index (κ2) is 16.3. The number of nitrogens with zero attached hydrogens (tertiary/aromatic N) is 2. The van der Waals surface area contributed by atoms with E-state index in [1.807, 2.05) is 0 Å². The van der Waals surface area contributed by atoms with Crippen molar-refractivity contribution in [3.8, 4) is 0 Å². The molecule has 1 N–H and O–H groups in total. The normalized spacial score (nSPS) is 4.44. The highest BCUT2D eigenvalue weighted by Gasteiger charge is 1.57. The molecule has 0 aliphatic carbocycles. The third kappa shape index (κ3) is 22.0. The molecule has 0 atom stereocenters. The summed E-state index contributed by atoms with van der Waals surface area (Å²) < 4.78 is 0. The van der Waals surface area contributed by atoms with Crippen molar-refractivity contribution in [3.63, 3.8) is 0 Å². The van der Waals surface area contributed by atoms with Crippen molar-refractivity contribution in [3.05, 3.63) is 13.2 Å². The first kappa shape index (κ1) is 10.3. The van der Waals surface area contributed by atoms with E-state index in [0.717, 1.165) is 12.2 Å². The van der Waals surface area contributed by atoms with Crippen LogP contribution in [0.25, 0.3) is 0 Å². The summed E-state index contributed by atoms with van der Waals surface area (Å²) in [6, 6.07) is 0. The molecule has 9 heavy (non-hydrogen) atoms. The van der Waals surface area contributed by atoms with E-state index in [2.05, 4.69) is 23.4 Å². The molecule has 0 aliphatic heterocycles. The van der Waals surface area contributed by atoms with E-state index in [1.165, 1.54) is 0 Å². The van der Waals surface area contributed by atoms with Gasteiger partial charge < -0.3 is 0 Å². The van der Waals surface area contributed by atoms with Crippen LogP contribution in [0, 0.1) is 0 Å². The van der Waals surface area contributed by atoms with Gasteiger partial charge in [-0.05, 0) is 0 Å². The van der Waals surface area contributed by atoms with E-state index in [1.54, 1.807) is 5.53 Å². The van der Waals surface area contributed by atoms with Gasteiger partial charge in [0.25, 0.3) is 12.2 Å². The van der Waals surface area contributed by atoms with Gasteiger partial charge >= 0.3 is 0 Å². The van der Waals surface area contributed by atoms with Gasteiger partial charge in [0.05, 0.1) is 0 Å². The Morgan fingerprint density at radius 2 is 1.44 bits per heavy atom. The van der Waals surface area contributed by atoms with E-state index in [4.69, 9.17) is 9.59 Å². The fourth-order valence-corrected chi connectivity index (χ4v) is 0.0658. The number of nitrogens with one attached hydrogen (secondary N) is 1. The van der Waals surface area contributed by atoms with Crippen LogP contribution in [-0.4, -0.2) is 12.2 Å². The molecule has 0 saturated carbocycles. The van der Waals surface area contributed by atoms with E-state index in [-0.39, 0.29) is 0 Å². The van der Waals surface area contributed by atoms with E-state index >= 15 is 0 Å². The highest BCUT2D eigenvalue weighted by atomic mass is 16.1. The maximum absolute atomic E-state index is 9.14. The second-order valence-electron chi connectivity index (χ2n) is 0.506. The number of carbonyl (C=O) groups excluding carboxylic acids is 2. The van der Waals surface area contributed by atoms with Gasteiger partial charge in [-0.2, -0.15) is 5.53 Å². The Balaban J connectivity index is 0. The maximum atomic E-state index is 9.14. The summed E-state index contributed by atoms with van der Waals surface area (Å²) in [5.41, 5.74) is 1.69. The first-order valence-electron chi connectivity index (χ1n) is 1.80. The van der Waals surface area contributed by atoms with E-state index in [9.17, 15) is 0 Å². The Morgan fingerprint density at radius 1 is 1.11 bits per heavy atom. The summed E-state index contributed by atoms with van der Waals surface area (Å²) in [6.45, 7) is 6.00. The van der Waals surface area contributed by atoms with Gasteiger partial charge in [-0.25, -0.2) is 9.59 Å². The molecule has 0 saturated heterocycles. The van der Waals surface area contributed by atoms with Gasteiger partial charge in [0.2, 0.25) is 0 Å². The van der Waals surface area contributed by atoms with Crippen LogP contribution in [0.2, 0.25) is 0 Å². The second-order valence-corrected chi connectivity index (χ2v) is 0.506. The number of hydrogen-bond acceptors (Lipinski definition) is 5. The molecule has 0 fully saturated rings. The van der Waals surface area contributed by atoms with Gasteiger partial charge in [0.15, 0.2) is 0 Å². The Bertz CT molecular complexity index is 128. The van der Waals surface area contributed by atoms with Crippen LogP contribution in [0.15, 0.2) is 23.4 Å². The van der Waals surface area contributed by atoms with Crippen molar-refractivity contribution in [2.45, 2.75) is 0 Å². The SMILES string of the molecule is C=C.O=C=NNN=C=O. The zero-order valence-corrected chi connectivity index (χ0v) is 4.63. The molecule has 5 heteroatoms. The molecule has 0 aliphatic rings. The standard InChI is InChI=1S/C2HN3O2.C2H4/c6-1-3-5-4-2-7;1-2/h5H;1-2H2. The Labute approximate surface area is 51.8 Å². The number of hydrazone groups is 2. The Kier molecular flexibility index (Phi) is 18.6. The van der Waals surface area contributed by atoms with Crippen molar-refractivity contribution in [2.24, 2.45) is 10.2 Å². The summed E-state index contributed by atoms with van der Waals surface area (Å²) in [6.07, 6.45) is 2.19. The molecule has 0 rings (SSSR count). The highest BCUT2D eigenvalue weighted by Crippen LogP contribution is 1.46. The first-order chi connectivity index (χ1) is 4.41. The minimum atomic E-state index is 1.09. The molecule has 0 radical (unpaired) electrons. The molecule has 5 nitrogen and oxygen atoms in total. The minimum Gasteiger partial charge on any atom is -0.209 e. The molecule has 0 spiro atoms. The van der Waals surface area contributed by atoms with Crippen LogP contribution in [0.5, 0.6) is 0 Å². The molecule has 0 aromatic carbocycles. The first-order valence-corrected chi connectivity index (χ1v) is 1.80. The fraction of sp³-hybridized carbons (Fsp3) is 0. The zero-order valence-electron chi connectivity index (χ0n) is 4.63. The van der Waals surface area contributed by atoms with Crippen LogP contribution >= 0.6 is 0 Å². The third-order valence-electron chi connectivity index (χ3n) is 0.191. The lowest BCUT2D eigenvalue weighted by atomic mass is 11.3. The third-order valence-corrected chi connectivity index (χ3v) is 0.191. The maximum Gasteiger partial charge on any atom is 0.259 e. The van der Waals surface area contributed by atoms with Crippen molar-refractivity contribution in [1.82, 2.24) is 5.53 Å². The smallest absolute Gasteiger partial charge is 0.209 e. The number of isocyanates is 2. The number of hydrogen-bond donors (Lipinski definition) is 1. The number of rotatable bonds is 2. The van der Waals surface area contributed by atoms with Crippen LogP contribution in [-0.2, 0) is 9.59 Å². The van der Waals surface area contributed by atoms with E-state index < -0.39 is 0 Å². The molecule has 0 bridgehead atoms. The molecule has 0 aromatic heterocycles. The quantitative estimate of drug-likeness (QED) is 0.243. The minimum absolute atomic E-state index is 1.09. The summed E-state index contributed by atoms with van der Waals surface area (Å²) in [5.74, 6) is 0.